The fourth-order valence-corrected chi connectivity index (χ4v) is 1.94. The lowest BCUT2D eigenvalue weighted by molar-refractivity contribution is 0.0668. The van der Waals surface area contributed by atoms with Gasteiger partial charge in [0.2, 0.25) is 0 Å². The fraction of sp³-hybridized carbons (Fsp3) is 0.500. The summed E-state index contributed by atoms with van der Waals surface area (Å²) in [5.41, 5.74) is 0. The van der Waals surface area contributed by atoms with Crippen LogP contribution in [0.3, 0.4) is 0 Å². The van der Waals surface area contributed by atoms with Gasteiger partial charge in [-0.3, -0.25) is 9.56 Å². The van der Waals surface area contributed by atoms with Gasteiger partial charge in [-0.1, -0.05) is 12.2 Å². The number of aromatic nitrogens is 2. The first-order valence-electron chi connectivity index (χ1n) is 6.12. The lowest BCUT2D eigenvalue weighted by Gasteiger charge is -2.17. The zero-order chi connectivity index (χ0) is 13.7. The maximum absolute atomic E-state index is 12.6. The van der Waals surface area contributed by atoms with E-state index >= 15 is 0 Å². The van der Waals surface area contributed by atoms with E-state index in [1.165, 1.54) is 12.4 Å². The Balaban J connectivity index is 0.00000200. The predicted octanol–water partition coefficient (Wildman–Crippen LogP) is 2.28. The minimum Gasteiger partial charge on any atom is -0.353 e. The van der Waals surface area contributed by atoms with Crippen LogP contribution in [-0.2, 0) is 6.54 Å². The van der Waals surface area contributed by atoms with Gasteiger partial charge in [0, 0.05) is 25.5 Å². The normalized spacial score (nSPS) is 15.5. The van der Waals surface area contributed by atoms with Crippen molar-refractivity contribution >= 4 is 29.9 Å². The summed E-state index contributed by atoms with van der Waals surface area (Å²) < 4.78 is 26.1. The van der Waals surface area contributed by atoms with Gasteiger partial charge in [0.25, 0.3) is 0 Å². The summed E-state index contributed by atoms with van der Waals surface area (Å²) in [6.45, 7) is -2.37. The van der Waals surface area contributed by atoms with Gasteiger partial charge in [0.15, 0.2) is 5.96 Å². The number of halogens is 3. The summed E-state index contributed by atoms with van der Waals surface area (Å²) in [6.07, 6.45) is 8.74. The second kappa shape index (κ2) is 8.18. The number of hydrogen-bond donors (Lipinski definition) is 2. The van der Waals surface area contributed by atoms with Crippen molar-refractivity contribution in [3.63, 3.8) is 0 Å². The van der Waals surface area contributed by atoms with Crippen LogP contribution in [-0.4, -0.2) is 28.6 Å². The van der Waals surface area contributed by atoms with Crippen molar-refractivity contribution in [3.8, 4) is 0 Å². The molecule has 1 heterocycles. The second-order valence-corrected chi connectivity index (χ2v) is 4.24. The zero-order valence-corrected chi connectivity index (χ0v) is 13.4. The summed E-state index contributed by atoms with van der Waals surface area (Å²) in [6, 6.07) is 0.320. The topological polar surface area (TPSA) is 54.2 Å². The Morgan fingerprint density at radius 1 is 1.50 bits per heavy atom. The lowest BCUT2D eigenvalue weighted by Crippen LogP contribution is -2.42. The maximum atomic E-state index is 12.6. The lowest BCUT2D eigenvalue weighted by atomic mass is 10.2. The third-order valence-electron chi connectivity index (χ3n) is 2.95. The molecule has 0 unspecified atom stereocenters. The molecule has 0 saturated carbocycles. The van der Waals surface area contributed by atoms with Crippen LogP contribution in [0.2, 0.25) is 0 Å². The number of rotatable bonds is 4. The van der Waals surface area contributed by atoms with Crippen molar-refractivity contribution < 1.29 is 8.78 Å². The van der Waals surface area contributed by atoms with Gasteiger partial charge in [-0.25, -0.2) is 4.98 Å². The first-order chi connectivity index (χ1) is 9.20. The molecule has 0 atom stereocenters. The Kier molecular flexibility index (Phi) is 6.89. The molecule has 2 rings (SSSR count). The summed E-state index contributed by atoms with van der Waals surface area (Å²) in [7, 11) is 1.65. The number of hydrogen-bond acceptors (Lipinski definition) is 2. The molecular weight excluding hydrogens is 379 g/mol. The average Bonchev–Trinajstić information content (AvgIpc) is 3.05. The fourth-order valence-electron chi connectivity index (χ4n) is 1.94. The molecule has 0 bridgehead atoms. The van der Waals surface area contributed by atoms with E-state index in [4.69, 9.17) is 0 Å². The van der Waals surface area contributed by atoms with Crippen molar-refractivity contribution in [3.05, 3.63) is 30.4 Å². The summed E-state index contributed by atoms with van der Waals surface area (Å²) in [4.78, 5) is 7.97. The monoisotopic (exact) mass is 397 g/mol. The standard InChI is InChI=1S/C12H17F2N5.HI/c1-15-12(18-9-4-2-3-5-9)17-8-10-16-6-7-19(10)11(13)14;/h2-3,6-7,9,11H,4-5,8H2,1H3,(H2,15,17,18);1H. The molecule has 0 radical (unpaired) electrons. The number of nitrogens with zero attached hydrogens (tertiary/aromatic N) is 3. The first kappa shape index (κ1) is 16.9. The Morgan fingerprint density at radius 3 is 2.80 bits per heavy atom. The van der Waals surface area contributed by atoms with Gasteiger partial charge in [-0.15, -0.1) is 24.0 Å². The molecule has 112 valence electrons. The molecule has 20 heavy (non-hydrogen) atoms. The van der Waals surface area contributed by atoms with E-state index in [1.807, 2.05) is 0 Å². The minimum absolute atomic E-state index is 0. The average molecular weight is 397 g/mol. The summed E-state index contributed by atoms with van der Waals surface area (Å²) in [5, 5.41) is 6.22. The van der Waals surface area contributed by atoms with Crippen LogP contribution >= 0.6 is 24.0 Å². The second-order valence-electron chi connectivity index (χ2n) is 4.24. The van der Waals surface area contributed by atoms with Crippen LogP contribution in [0.1, 0.15) is 25.2 Å². The van der Waals surface area contributed by atoms with E-state index in [0.29, 0.717) is 12.0 Å². The molecule has 2 N–H and O–H groups in total. The van der Waals surface area contributed by atoms with Crippen LogP contribution in [0.15, 0.2) is 29.5 Å². The minimum atomic E-state index is -2.58. The molecule has 5 nitrogen and oxygen atoms in total. The van der Waals surface area contributed by atoms with E-state index in [0.717, 1.165) is 17.4 Å². The first-order valence-corrected chi connectivity index (χ1v) is 6.12. The molecule has 0 aromatic carbocycles. The maximum Gasteiger partial charge on any atom is 0.319 e. The van der Waals surface area contributed by atoms with E-state index < -0.39 is 6.55 Å². The number of alkyl halides is 2. The van der Waals surface area contributed by atoms with E-state index in [9.17, 15) is 8.78 Å². The highest BCUT2D eigenvalue weighted by atomic mass is 127. The third-order valence-corrected chi connectivity index (χ3v) is 2.95. The Hall–Kier alpha value is -1.19. The molecule has 0 fully saturated rings. The molecule has 1 aromatic rings. The highest BCUT2D eigenvalue weighted by Crippen LogP contribution is 2.12. The molecule has 1 aliphatic carbocycles. The van der Waals surface area contributed by atoms with Crippen molar-refractivity contribution in [1.29, 1.82) is 0 Å². The highest BCUT2D eigenvalue weighted by molar-refractivity contribution is 14.0. The van der Waals surface area contributed by atoms with Crippen LogP contribution in [0.5, 0.6) is 0 Å². The van der Waals surface area contributed by atoms with Gasteiger partial charge in [0.1, 0.15) is 5.82 Å². The van der Waals surface area contributed by atoms with Gasteiger partial charge < -0.3 is 10.6 Å². The largest absolute Gasteiger partial charge is 0.353 e. The zero-order valence-electron chi connectivity index (χ0n) is 11.1. The third kappa shape index (κ3) is 4.43. The Bertz CT molecular complexity index is 464. The quantitative estimate of drug-likeness (QED) is 0.355. The van der Waals surface area contributed by atoms with Crippen molar-refractivity contribution in [2.24, 2.45) is 4.99 Å². The van der Waals surface area contributed by atoms with Crippen LogP contribution in [0.4, 0.5) is 8.78 Å². The molecule has 0 spiro atoms. The molecule has 0 saturated heterocycles. The van der Waals surface area contributed by atoms with Gasteiger partial charge >= 0.3 is 6.55 Å². The number of imidazole rings is 1. The SMILES string of the molecule is CN=C(NCc1nccn1C(F)F)NC1CC=CC1.I. The predicted molar refractivity (Wildman–Crippen MR) is 84.4 cm³/mol. The molecular formula is C12H18F2IN5. The molecule has 0 aliphatic heterocycles. The summed E-state index contributed by atoms with van der Waals surface area (Å²) in [5.74, 6) is 0.875. The summed E-state index contributed by atoms with van der Waals surface area (Å²) >= 11 is 0. The van der Waals surface area contributed by atoms with Gasteiger partial charge in [-0.2, -0.15) is 8.78 Å². The molecule has 0 amide bonds. The number of guanidine groups is 1. The number of nitrogens with one attached hydrogen (secondary N) is 2. The van der Waals surface area contributed by atoms with Crippen molar-refractivity contribution in [1.82, 2.24) is 20.2 Å². The van der Waals surface area contributed by atoms with E-state index in [2.05, 4.69) is 32.8 Å². The molecule has 8 heteroatoms. The Labute approximate surface area is 133 Å². The van der Waals surface area contributed by atoms with Crippen molar-refractivity contribution in [2.45, 2.75) is 32.0 Å². The number of aliphatic imine (C=N–C) groups is 1. The van der Waals surface area contributed by atoms with Crippen molar-refractivity contribution in [2.75, 3.05) is 7.05 Å². The van der Waals surface area contributed by atoms with Crippen LogP contribution < -0.4 is 10.6 Å². The van der Waals surface area contributed by atoms with E-state index in [1.54, 1.807) is 7.05 Å². The molecule has 1 aliphatic rings. The van der Waals surface area contributed by atoms with Crippen LogP contribution in [0.25, 0.3) is 0 Å². The molecule has 1 aromatic heterocycles. The van der Waals surface area contributed by atoms with E-state index in [-0.39, 0.29) is 36.3 Å². The smallest absolute Gasteiger partial charge is 0.319 e. The van der Waals surface area contributed by atoms with Gasteiger partial charge in [-0.05, 0) is 12.8 Å². The highest BCUT2D eigenvalue weighted by Gasteiger charge is 2.14. The van der Waals surface area contributed by atoms with Crippen LogP contribution in [0, 0.1) is 0 Å². The van der Waals surface area contributed by atoms with Gasteiger partial charge in [0.05, 0.1) is 6.54 Å². The Morgan fingerprint density at radius 2 is 2.20 bits per heavy atom.